The number of rotatable bonds is 5. The second-order valence-electron chi connectivity index (χ2n) is 4.67. The van der Waals surface area contributed by atoms with Crippen molar-refractivity contribution in [2.24, 2.45) is 0 Å². The van der Waals surface area contributed by atoms with Crippen LogP contribution in [0.4, 0.5) is 0 Å². The van der Waals surface area contributed by atoms with Crippen molar-refractivity contribution in [3.05, 3.63) is 42.5 Å². The number of carboxylic acids is 1. The minimum atomic E-state index is -3.85. The molecule has 2 aromatic rings. The van der Waals surface area contributed by atoms with Crippen LogP contribution in [0, 0.1) is 0 Å². The van der Waals surface area contributed by atoms with Gasteiger partial charge in [-0.1, -0.05) is 43.7 Å². The topological polar surface area (TPSA) is 71.4 Å². The van der Waals surface area contributed by atoms with Gasteiger partial charge in [0.2, 0.25) is 0 Å². The zero-order chi connectivity index (χ0) is 14.8. The first-order chi connectivity index (χ1) is 9.46. The van der Waals surface area contributed by atoms with Gasteiger partial charge in [-0.05, 0) is 29.3 Å². The highest BCUT2D eigenvalue weighted by molar-refractivity contribution is 7.92. The molecule has 0 aromatic heterocycles. The largest absolute Gasteiger partial charge is 0.480 e. The first kappa shape index (κ1) is 14.5. The molecular weight excluding hydrogens is 276 g/mol. The molecule has 0 radical (unpaired) electrons. The maximum atomic E-state index is 12.4. The number of aliphatic carboxylic acids is 1. The van der Waals surface area contributed by atoms with E-state index in [9.17, 15) is 13.2 Å². The molecule has 5 heteroatoms. The SMILES string of the molecule is CCCC(C(=O)O)S(=O)(=O)c1ccc2ccccc2c1. The predicted octanol–water partition coefficient (Wildman–Crippen LogP) is 2.87. The Hall–Kier alpha value is -1.88. The van der Waals surface area contributed by atoms with Crippen LogP contribution in [-0.4, -0.2) is 24.7 Å². The zero-order valence-corrected chi connectivity index (χ0v) is 11.9. The number of carboxylic acid groups (broad SMARTS) is 1. The van der Waals surface area contributed by atoms with Gasteiger partial charge in [-0.3, -0.25) is 4.79 Å². The van der Waals surface area contributed by atoms with E-state index in [1.54, 1.807) is 13.0 Å². The highest BCUT2D eigenvalue weighted by atomic mass is 32.2. The van der Waals surface area contributed by atoms with Gasteiger partial charge in [-0.15, -0.1) is 0 Å². The van der Waals surface area contributed by atoms with Crippen LogP contribution in [0.1, 0.15) is 19.8 Å². The van der Waals surface area contributed by atoms with Gasteiger partial charge in [0.15, 0.2) is 15.1 Å². The van der Waals surface area contributed by atoms with Gasteiger partial charge >= 0.3 is 5.97 Å². The third kappa shape index (κ3) is 2.67. The molecule has 1 N–H and O–H groups in total. The molecule has 1 unspecified atom stereocenters. The smallest absolute Gasteiger partial charge is 0.322 e. The van der Waals surface area contributed by atoms with Crippen molar-refractivity contribution < 1.29 is 18.3 Å². The van der Waals surface area contributed by atoms with Crippen molar-refractivity contribution in [1.29, 1.82) is 0 Å². The van der Waals surface area contributed by atoms with Crippen LogP contribution in [0.25, 0.3) is 10.8 Å². The van der Waals surface area contributed by atoms with E-state index in [0.717, 1.165) is 10.8 Å². The minimum Gasteiger partial charge on any atom is -0.480 e. The summed E-state index contributed by atoms with van der Waals surface area (Å²) in [6, 6.07) is 12.1. The van der Waals surface area contributed by atoms with E-state index in [1.165, 1.54) is 12.1 Å². The molecule has 1 atom stereocenters. The van der Waals surface area contributed by atoms with E-state index in [2.05, 4.69) is 0 Å². The Labute approximate surface area is 118 Å². The average molecular weight is 292 g/mol. The molecule has 0 amide bonds. The lowest BCUT2D eigenvalue weighted by atomic mass is 10.1. The van der Waals surface area contributed by atoms with E-state index in [1.807, 2.05) is 24.3 Å². The molecule has 0 saturated carbocycles. The number of benzene rings is 2. The van der Waals surface area contributed by atoms with Crippen LogP contribution in [0.3, 0.4) is 0 Å². The summed E-state index contributed by atoms with van der Waals surface area (Å²) in [5.74, 6) is -1.29. The van der Waals surface area contributed by atoms with Gasteiger partial charge < -0.3 is 5.11 Å². The van der Waals surface area contributed by atoms with Crippen LogP contribution in [0.15, 0.2) is 47.4 Å². The van der Waals surface area contributed by atoms with Crippen LogP contribution >= 0.6 is 0 Å². The Kier molecular flexibility index (Phi) is 4.09. The molecule has 20 heavy (non-hydrogen) atoms. The van der Waals surface area contributed by atoms with Crippen molar-refractivity contribution in [1.82, 2.24) is 0 Å². The first-order valence-electron chi connectivity index (χ1n) is 6.42. The summed E-state index contributed by atoms with van der Waals surface area (Å²) in [5.41, 5.74) is 0. The molecule has 106 valence electrons. The lowest BCUT2D eigenvalue weighted by Crippen LogP contribution is -2.30. The molecule has 0 spiro atoms. The zero-order valence-electron chi connectivity index (χ0n) is 11.1. The predicted molar refractivity (Wildman–Crippen MR) is 77.5 cm³/mol. The lowest BCUT2D eigenvalue weighted by molar-refractivity contribution is -0.136. The lowest BCUT2D eigenvalue weighted by Gasteiger charge is -2.13. The molecule has 0 fully saturated rings. The molecule has 2 aromatic carbocycles. The van der Waals surface area contributed by atoms with Crippen molar-refractivity contribution in [3.63, 3.8) is 0 Å². The quantitative estimate of drug-likeness (QED) is 0.919. The summed E-state index contributed by atoms with van der Waals surface area (Å²) < 4.78 is 24.9. The van der Waals surface area contributed by atoms with Crippen LogP contribution in [0.5, 0.6) is 0 Å². The van der Waals surface area contributed by atoms with Gasteiger partial charge in [0.25, 0.3) is 0 Å². The van der Waals surface area contributed by atoms with Crippen molar-refractivity contribution >= 4 is 26.6 Å². The standard InChI is InChI=1S/C15H16O4S/c1-2-5-14(15(16)17)20(18,19)13-9-8-11-6-3-4-7-12(11)10-13/h3-4,6-10,14H,2,5H2,1H3,(H,16,17). The Morgan fingerprint density at radius 2 is 1.80 bits per heavy atom. The Morgan fingerprint density at radius 3 is 2.40 bits per heavy atom. The number of carbonyl (C=O) groups is 1. The number of sulfone groups is 1. The highest BCUT2D eigenvalue weighted by Crippen LogP contribution is 2.24. The molecule has 0 aliphatic rings. The van der Waals surface area contributed by atoms with Gasteiger partial charge in [-0.25, -0.2) is 8.42 Å². The second-order valence-corrected chi connectivity index (χ2v) is 6.80. The molecular formula is C15H16O4S. The van der Waals surface area contributed by atoms with Crippen LogP contribution in [-0.2, 0) is 14.6 Å². The third-order valence-electron chi connectivity index (χ3n) is 3.25. The minimum absolute atomic E-state index is 0.0667. The van der Waals surface area contributed by atoms with Crippen molar-refractivity contribution in [3.8, 4) is 0 Å². The molecule has 0 saturated heterocycles. The summed E-state index contributed by atoms with van der Waals surface area (Å²) in [6.07, 6.45) is 0.619. The Balaban J connectivity index is 2.52. The van der Waals surface area contributed by atoms with Gasteiger partial charge in [-0.2, -0.15) is 0 Å². The first-order valence-corrected chi connectivity index (χ1v) is 7.97. The van der Waals surface area contributed by atoms with Gasteiger partial charge in [0.1, 0.15) is 0 Å². The van der Waals surface area contributed by atoms with Gasteiger partial charge in [0.05, 0.1) is 4.90 Å². The molecule has 0 aliphatic carbocycles. The number of hydrogen-bond acceptors (Lipinski definition) is 3. The maximum absolute atomic E-state index is 12.4. The van der Waals surface area contributed by atoms with E-state index in [4.69, 9.17) is 5.11 Å². The third-order valence-corrected chi connectivity index (χ3v) is 5.35. The summed E-state index contributed by atoms with van der Waals surface area (Å²) in [4.78, 5) is 11.3. The monoisotopic (exact) mass is 292 g/mol. The summed E-state index contributed by atoms with van der Waals surface area (Å²) in [7, 11) is -3.85. The molecule has 0 heterocycles. The normalized spacial score (nSPS) is 13.2. The van der Waals surface area contributed by atoms with Gasteiger partial charge in [0, 0.05) is 0 Å². The Morgan fingerprint density at radius 1 is 1.15 bits per heavy atom. The van der Waals surface area contributed by atoms with E-state index >= 15 is 0 Å². The number of hydrogen-bond donors (Lipinski definition) is 1. The van der Waals surface area contributed by atoms with Crippen molar-refractivity contribution in [2.45, 2.75) is 29.9 Å². The van der Waals surface area contributed by atoms with Crippen LogP contribution in [0.2, 0.25) is 0 Å². The van der Waals surface area contributed by atoms with Crippen LogP contribution < -0.4 is 0 Å². The average Bonchev–Trinajstić information content (AvgIpc) is 2.43. The number of fused-ring (bicyclic) bond motifs is 1. The summed E-state index contributed by atoms with van der Waals surface area (Å²) >= 11 is 0. The fourth-order valence-corrected chi connectivity index (χ4v) is 3.87. The maximum Gasteiger partial charge on any atom is 0.322 e. The van der Waals surface area contributed by atoms with Crippen molar-refractivity contribution in [2.75, 3.05) is 0 Å². The highest BCUT2D eigenvalue weighted by Gasteiger charge is 2.33. The molecule has 4 nitrogen and oxygen atoms in total. The second kappa shape index (κ2) is 5.63. The van der Waals surface area contributed by atoms with E-state index in [-0.39, 0.29) is 11.3 Å². The summed E-state index contributed by atoms with van der Waals surface area (Å²) in [6.45, 7) is 1.77. The van der Waals surface area contributed by atoms with E-state index < -0.39 is 21.1 Å². The Bertz CT molecular complexity index is 734. The molecule has 0 aliphatic heterocycles. The fourth-order valence-electron chi connectivity index (χ4n) is 2.18. The molecule has 0 bridgehead atoms. The fraction of sp³-hybridized carbons (Fsp3) is 0.267. The molecule has 2 rings (SSSR count). The van der Waals surface area contributed by atoms with E-state index in [0.29, 0.717) is 6.42 Å². The summed E-state index contributed by atoms with van der Waals surface area (Å²) in [5, 5.41) is 9.47.